The van der Waals surface area contributed by atoms with Crippen LogP contribution in [0.5, 0.6) is 11.5 Å². The van der Waals surface area contributed by atoms with Crippen LogP contribution < -0.4 is 0 Å². The molecule has 0 saturated heterocycles. The van der Waals surface area contributed by atoms with Gasteiger partial charge in [-0.2, -0.15) is 0 Å². The number of phenolic OH excluding ortho intramolecular Hbond substituents is 2. The van der Waals surface area contributed by atoms with Gasteiger partial charge in [-0.1, -0.05) is 72.8 Å². The van der Waals surface area contributed by atoms with Crippen LogP contribution in [0.25, 0.3) is 22.3 Å². The van der Waals surface area contributed by atoms with Crippen LogP contribution in [0.4, 0.5) is 0 Å². The number of benzene rings is 4. The van der Waals surface area contributed by atoms with Crippen LogP contribution >= 0.6 is 0 Å². The van der Waals surface area contributed by atoms with E-state index < -0.39 is 31.2 Å². The van der Waals surface area contributed by atoms with Gasteiger partial charge < -0.3 is 14.9 Å². The molecule has 0 aromatic heterocycles. The normalized spacial score (nSPS) is 11.9. The van der Waals surface area contributed by atoms with Gasteiger partial charge in [0.15, 0.2) is 19.7 Å². The van der Waals surface area contributed by atoms with Gasteiger partial charge in [0.2, 0.25) is 0 Å². The van der Waals surface area contributed by atoms with E-state index in [-0.39, 0.29) is 34.5 Å². The van der Waals surface area contributed by atoms with Crippen molar-refractivity contribution >= 4 is 19.7 Å². The summed E-state index contributed by atoms with van der Waals surface area (Å²) in [5, 5.41) is 20.3. The van der Waals surface area contributed by atoms with Crippen LogP contribution in [0.3, 0.4) is 0 Å². The summed E-state index contributed by atoms with van der Waals surface area (Å²) in [6, 6.07) is 27.1. The molecule has 0 heterocycles. The number of aromatic hydroxyl groups is 2. The molecule has 0 spiro atoms. The molecule has 4 rings (SSSR count). The molecular weight excluding hydrogens is 512 g/mol. The first-order valence-electron chi connectivity index (χ1n) is 11.5. The molecule has 0 radical (unpaired) electrons. The summed E-state index contributed by atoms with van der Waals surface area (Å²) in [7, 11) is -7.79. The minimum absolute atomic E-state index is 0.215. The molecule has 0 atom stereocenters. The number of rotatable bonds is 10. The maximum absolute atomic E-state index is 12.8. The van der Waals surface area contributed by atoms with Crippen molar-refractivity contribution in [2.24, 2.45) is 0 Å². The average molecular weight is 539 g/mol. The summed E-state index contributed by atoms with van der Waals surface area (Å²) in [4.78, 5) is -0.430. The van der Waals surface area contributed by atoms with Crippen LogP contribution in [0.2, 0.25) is 0 Å². The monoisotopic (exact) mass is 538 g/mol. The van der Waals surface area contributed by atoms with E-state index in [1.165, 1.54) is 24.3 Å². The molecule has 7 nitrogen and oxygen atoms in total. The number of sulfone groups is 2. The lowest BCUT2D eigenvalue weighted by Gasteiger charge is -2.11. The molecule has 4 aromatic carbocycles. The molecule has 0 aliphatic rings. The van der Waals surface area contributed by atoms with Gasteiger partial charge in [0, 0.05) is 0 Å². The minimum Gasteiger partial charge on any atom is -0.507 e. The largest absolute Gasteiger partial charge is 0.507 e. The Balaban J connectivity index is 1.38. The fraction of sp³-hybridized carbons (Fsp3) is 0.143. The maximum Gasteiger partial charge on any atom is 0.184 e. The van der Waals surface area contributed by atoms with Crippen LogP contribution in [-0.4, -0.2) is 51.8 Å². The fourth-order valence-electron chi connectivity index (χ4n) is 3.81. The molecule has 192 valence electrons. The second kappa shape index (κ2) is 11.2. The van der Waals surface area contributed by atoms with Crippen molar-refractivity contribution in [2.45, 2.75) is 9.79 Å². The lowest BCUT2D eigenvalue weighted by molar-refractivity contribution is 0.165. The summed E-state index contributed by atoms with van der Waals surface area (Å²) in [5.41, 5.74) is 2.89. The van der Waals surface area contributed by atoms with Crippen LogP contribution in [0.15, 0.2) is 107 Å². The average Bonchev–Trinajstić information content (AvgIpc) is 2.89. The Hall–Kier alpha value is -3.66. The highest BCUT2D eigenvalue weighted by atomic mass is 32.2. The topological polar surface area (TPSA) is 118 Å². The van der Waals surface area contributed by atoms with Crippen molar-refractivity contribution in [1.82, 2.24) is 0 Å². The second-order valence-electron chi connectivity index (χ2n) is 8.35. The zero-order chi connectivity index (χ0) is 26.5. The minimum atomic E-state index is -3.90. The predicted molar refractivity (Wildman–Crippen MR) is 142 cm³/mol. The molecule has 0 fully saturated rings. The zero-order valence-corrected chi connectivity index (χ0v) is 21.5. The van der Waals surface area contributed by atoms with Gasteiger partial charge in [0.25, 0.3) is 0 Å². The fourth-order valence-corrected chi connectivity index (χ4v) is 6.31. The Bertz CT molecular complexity index is 1460. The number of phenols is 2. The molecule has 0 amide bonds. The van der Waals surface area contributed by atoms with Gasteiger partial charge in [-0.15, -0.1) is 0 Å². The van der Waals surface area contributed by atoms with E-state index in [9.17, 15) is 27.0 Å². The summed E-state index contributed by atoms with van der Waals surface area (Å²) in [5.74, 6) is -1.60. The van der Waals surface area contributed by atoms with E-state index in [1.54, 1.807) is 12.1 Å². The Morgan fingerprint density at radius 1 is 0.514 bits per heavy atom. The van der Waals surface area contributed by atoms with E-state index in [4.69, 9.17) is 4.74 Å². The Morgan fingerprint density at radius 2 is 0.892 bits per heavy atom. The molecule has 0 aliphatic heterocycles. The zero-order valence-electron chi connectivity index (χ0n) is 19.8. The van der Waals surface area contributed by atoms with Crippen LogP contribution in [0.1, 0.15) is 0 Å². The van der Waals surface area contributed by atoms with Gasteiger partial charge in [0.05, 0.1) is 24.7 Å². The molecular formula is C28H26O7S2. The van der Waals surface area contributed by atoms with Gasteiger partial charge in [-0.05, 0) is 46.5 Å². The maximum atomic E-state index is 12.8. The summed E-state index contributed by atoms with van der Waals surface area (Å²) < 4.78 is 56.7. The Morgan fingerprint density at radius 3 is 1.27 bits per heavy atom. The third-order valence-electron chi connectivity index (χ3n) is 5.80. The smallest absolute Gasteiger partial charge is 0.184 e. The second-order valence-corrected chi connectivity index (χ2v) is 12.5. The number of hydrogen-bond acceptors (Lipinski definition) is 7. The molecule has 2 N–H and O–H groups in total. The highest BCUT2D eigenvalue weighted by Gasteiger charge is 2.22. The van der Waals surface area contributed by atoms with Crippen LogP contribution in [0, 0.1) is 0 Å². The van der Waals surface area contributed by atoms with E-state index in [0.717, 1.165) is 11.1 Å². The van der Waals surface area contributed by atoms with Crippen molar-refractivity contribution in [2.75, 3.05) is 24.7 Å². The lowest BCUT2D eigenvalue weighted by Crippen LogP contribution is -2.17. The summed E-state index contributed by atoms with van der Waals surface area (Å²) in [6.45, 7) is -0.522. The molecule has 4 aromatic rings. The third-order valence-corrected chi connectivity index (χ3v) is 9.20. The van der Waals surface area contributed by atoms with Crippen molar-refractivity contribution in [1.29, 1.82) is 0 Å². The Kier molecular flexibility index (Phi) is 7.97. The van der Waals surface area contributed by atoms with Gasteiger partial charge in [-0.25, -0.2) is 16.8 Å². The molecule has 37 heavy (non-hydrogen) atoms. The third kappa shape index (κ3) is 6.37. The first-order valence-corrected chi connectivity index (χ1v) is 14.8. The molecule has 0 bridgehead atoms. The number of ether oxygens (including phenoxy) is 1. The first kappa shape index (κ1) is 26.4. The lowest BCUT2D eigenvalue weighted by atomic mass is 10.1. The molecule has 9 heteroatoms. The predicted octanol–water partition coefficient (Wildman–Crippen LogP) is 4.70. The van der Waals surface area contributed by atoms with Crippen molar-refractivity contribution in [3.63, 3.8) is 0 Å². The standard InChI is InChI=1S/C28H26O7S2/c29-25-13-11-23(21-7-3-1-4-8-21)19-27(25)36(31,32)17-15-35-16-18-37(33,34)28-20-24(12-14-26(28)30)22-9-5-2-6-10-22/h1-14,19-20,29-30H,15-18H2. The van der Waals surface area contributed by atoms with E-state index in [0.29, 0.717) is 11.1 Å². The highest BCUT2D eigenvalue weighted by Crippen LogP contribution is 2.31. The van der Waals surface area contributed by atoms with E-state index in [1.807, 2.05) is 60.7 Å². The van der Waals surface area contributed by atoms with E-state index >= 15 is 0 Å². The highest BCUT2D eigenvalue weighted by molar-refractivity contribution is 7.91. The van der Waals surface area contributed by atoms with Crippen molar-refractivity contribution in [3.8, 4) is 33.8 Å². The van der Waals surface area contributed by atoms with Crippen molar-refractivity contribution < 1.29 is 31.8 Å². The summed E-state index contributed by atoms with van der Waals surface area (Å²) in [6.07, 6.45) is 0. The van der Waals surface area contributed by atoms with Gasteiger partial charge in [-0.3, -0.25) is 0 Å². The molecule has 0 unspecified atom stereocenters. The molecule has 0 saturated carbocycles. The summed E-state index contributed by atoms with van der Waals surface area (Å²) >= 11 is 0. The quantitative estimate of drug-likeness (QED) is 0.281. The number of hydrogen-bond donors (Lipinski definition) is 2. The van der Waals surface area contributed by atoms with Crippen molar-refractivity contribution in [3.05, 3.63) is 97.1 Å². The molecule has 0 aliphatic carbocycles. The first-order chi connectivity index (χ1) is 17.7. The van der Waals surface area contributed by atoms with Gasteiger partial charge in [0.1, 0.15) is 21.3 Å². The SMILES string of the molecule is O=S(=O)(CCOCCS(=O)(=O)c1cc(-c2ccccc2)ccc1O)c1cc(-c2ccccc2)ccc1O. The van der Waals surface area contributed by atoms with Gasteiger partial charge >= 0.3 is 0 Å². The Labute approximate surface area is 216 Å². The van der Waals surface area contributed by atoms with Crippen LogP contribution in [-0.2, 0) is 24.4 Å². The van der Waals surface area contributed by atoms with E-state index in [2.05, 4.69) is 0 Å².